The molecule has 1 aliphatic heterocycles. The Morgan fingerprint density at radius 1 is 1.00 bits per heavy atom. The molecule has 1 aromatic carbocycles. The van der Waals surface area contributed by atoms with E-state index in [1.54, 1.807) is 34.9 Å². The van der Waals surface area contributed by atoms with Crippen LogP contribution in [0.15, 0.2) is 22.7 Å². The lowest BCUT2D eigenvalue weighted by molar-refractivity contribution is 0.0533. The van der Waals surface area contributed by atoms with Gasteiger partial charge < -0.3 is 14.3 Å². The maximum Gasteiger partial charge on any atom is 0.259 e. The first-order valence-electron chi connectivity index (χ1n) is 8.78. The number of aromatic nitrogens is 1. The van der Waals surface area contributed by atoms with Crippen LogP contribution in [0.4, 0.5) is 0 Å². The van der Waals surface area contributed by atoms with Gasteiger partial charge in [-0.25, -0.2) is 0 Å². The monoisotopic (exact) mass is 409 g/mol. The summed E-state index contributed by atoms with van der Waals surface area (Å²) in [5.41, 5.74) is 1.58. The average molecular weight is 410 g/mol. The van der Waals surface area contributed by atoms with Crippen LogP contribution in [0, 0.1) is 6.92 Å². The second-order valence-electron chi connectivity index (χ2n) is 6.90. The Labute approximate surface area is 168 Å². The number of hydrogen-bond donors (Lipinski definition) is 0. The highest BCUT2D eigenvalue weighted by atomic mass is 35.5. The number of rotatable bonds is 3. The Balaban J connectivity index is 1.69. The molecular formula is C19H21Cl2N3O3. The van der Waals surface area contributed by atoms with Crippen LogP contribution in [0.25, 0.3) is 0 Å². The normalized spacial score (nSPS) is 14.7. The van der Waals surface area contributed by atoms with Crippen molar-refractivity contribution < 1.29 is 14.1 Å². The molecule has 0 aliphatic carbocycles. The molecule has 0 unspecified atom stereocenters. The summed E-state index contributed by atoms with van der Waals surface area (Å²) in [6.45, 7) is 7.46. The lowest BCUT2D eigenvalue weighted by Gasteiger charge is -2.35. The van der Waals surface area contributed by atoms with Crippen molar-refractivity contribution in [2.45, 2.75) is 26.7 Å². The molecule has 2 heterocycles. The second-order valence-corrected chi connectivity index (χ2v) is 7.78. The van der Waals surface area contributed by atoms with Crippen molar-refractivity contribution in [1.29, 1.82) is 0 Å². The van der Waals surface area contributed by atoms with Crippen molar-refractivity contribution in [3.63, 3.8) is 0 Å². The SMILES string of the molecule is Cc1noc(C(C)C)c1C(=O)N1CCN(C(=O)c2cc(Cl)cc(Cl)c2)CC1. The molecule has 0 bridgehead atoms. The number of hydrogen-bond acceptors (Lipinski definition) is 4. The molecule has 8 heteroatoms. The molecule has 0 saturated carbocycles. The van der Waals surface area contributed by atoms with Crippen molar-refractivity contribution in [2.75, 3.05) is 26.2 Å². The van der Waals surface area contributed by atoms with Gasteiger partial charge in [-0.3, -0.25) is 9.59 Å². The summed E-state index contributed by atoms with van der Waals surface area (Å²) >= 11 is 12.0. The van der Waals surface area contributed by atoms with Crippen LogP contribution in [0.3, 0.4) is 0 Å². The molecule has 0 spiro atoms. The molecule has 27 heavy (non-hydrogen) atoms. The summed E-state index contributed by atoms with van der Waals surface area (Å²) in [5, 5.41) is 4.78. The molecule has 6 nitrogen and oxygen atoms in total. The largest absolute Gasteiger partial charge is 0.360 e. The van der Waals surface area contributed by atoms with Crippen LogP contribution in [0.5, 0.6) is 0 Å². The summed E-state index contributed by atoms with van der Waals surface area (Å²) in [5.74, 6) is 0.427. The highest BCUT2D eigenvalue weighted by Gasteiger charge is 2.30. The van der Waals surface area contributed by atoms with Gasteiger partial charge >= 0.3 is 0 Å². The predicted octanol–water partition coefficient (Wildman–Crippen LogP) is 4.01. The number of amides is 2. The van der Waals surface area contributed by atoms with Gasteiger partial charge in [0.2, 0.25) is 0 Å². The first-order valence-corrected chi connectivity index (χ1v) is 9.54. The third kappa shape index (κ3) is 4.12. The number of carbonyl (C=O) groups is 2. The van der Waals surface area contributed by atoms with E-state index < -0.39 is 0 Å². The number of carbonyl (C=O) groups excluding carboxylic acids is 2. The Morgan fingerprint density at radius 3 is 2.04 bits per heavy atom. The van der Waals surface area contributed by atoms with E-state index in [2.05, 4.69) is 5.16 Å². The van der Waals surface area contributed by atoms with E-state index in [-0.39, 0.29) is 17.7 Å². The van der Waals surface area contributed by atoms with Crippen LogP contribution in [0.1, 0.15) is 51.9 Å². The minimum absolute atomic E-state index is 0.0700. The summed E-state index contributed by atoms with van der Waals surface area (Å²) in [6, 6.07) is 4.79. The van der Waals surface area contributed by atoms with Gasteiger partial charge in [-0.1, -0.05) is 42.2 Å². The second kappa shape index (κ2) is 7.90. The van der Waals surface area contributed by atoms with Crippen molar-refractivity contribution in [2.24, 2.45) is 0 Å². The standard InChI is InChI=1S/C19H21Cl2N3O3/c1-11(2)17-16(12(3)22-27-17)19(26)24-6-4-23(5-7-24)18(25)13-8-14(20)10-15(21)9-13/h8-11H,4-7H2,1-3H3. The minimum Gasteiger partial charge on any atom is -0.360 e. The minimum atomic E-state index is -0.143. The number of aryl methyl sites for hydroxylation is 1. The van der Waals surface area contributed by atoms with E-state index in [4.69, 9.17) is 27.7 Å². The van der Waals surface area contributed by atoms with E-state index >= 15 is 0 Å². The van der Waals surface area contributed by atoms with Crippen LogP contribution in [0.2, 0.25) is 10.0 Å². The van der Waals surface area contributed by atoms with E-state index in [0.29, 0.717) is 58.8 Å². The van der Waals surface area contributed by atoms with Gasteiger partial charge in [0.15, 0.2) is 5.76 Å². The summed E-state index contributed by atoms with van der Waals surface area (Å²) in [4.78, 5) is 29.1. The van der Waals surface area contributed by atoms with Crippen molar-refractivity contribution in [3.05, 3.63) is 50.8 Å². The number of nitrogens with zero attached hydrogens (tertiary/aromatic N) is 3. The predicted molar refractivity (Wildman–Crippen MR) is 104 cm³/mol. The Kier molecular flexibility index (Phi) is 5.77. The fourth-order valence-electron chi connectivity index (χ4n) is 3.17. The van der Waals surface area contributed by atoms with E-state index in [1.807, 2.05) is 13.8 Å². The number of benzene rings is 1. The number of piperazine rings is 1. The molecule has 0 N–H and O–H groups in total. The van der Waals surface area contributed by atoms with Crippen molar-refractivity contribution in [3.8, 4) is 0 Å². The van der Waals surface area contributed by atoms with Crippen LogP contribution in [-0.4, -0.2) is 52.9 Å². The van der Waals surface area contributed by atoms with E-state index in [0.717, 1.165) is 0 Å². The molecule has 0 atom stereocenters. The molecular weight excluding hydrogens is 389 g/mol. The van der Waals surface area contributed by atoms with Crippen LogP contribution in [-0.2, 0) is 0 Å². The summed E-state index contributed by atoms with van der Waals surface area (Å²) in [6.07, 6.45) is 0. The lowest BCUT2D eigenvalue weighted by Crippen LogP contribution is -2.50. The third-order valence-electron chi connectivity index (χ3n) is 4.59. The first-order chi connectivity index (χ1) is 12.8. The van der Waals surface area contributed by atoms with Crippen LogP contribution < -0.4 is 0 Å². The zero-order chi connectivity index (χ0) is 19.7. The maximum absolute atomic E-state index is 12.9. The molecule has 1 aliphatic rings. The zero-order valence-electron chi connectivity index (χ0n) is 15.5. The van der Waals surface area contributed by atoms with Gasteiger partial charge in [0.1, 0.15) is 5.56 Å². The lowest BCUT2D eigenvalue weighted by atomic mass is 10.0. The fraction of sp³-hybridized carbons (Fsp3) is 0.421. The Morgan fingerprint density at radius 2 is 1.52 bits per heavy atom. The molecule has 0 radical (unpaired) electrons. The van der Waals surface area contributed by atoms with Crippen LogP contribution >= 0.6 is 23.2 Å². The Hall–Kier alpha value is -2.05. The highest BCUT2D eigenvalue weighted by molar-refractivity contribution is 6.35. The topological polar surface area (TPSA) is 66.7 Å². The quantitative estimate of drug-likeness (QED) is 0.767. The van der Waals surface area contributed by atoms with Gasteiger partial charge in [-0.15, -0.1) is 0 Å². The highest BCUT2D eigenvalue weighted by Crippen LogP contribution is 2.25. The zero-order valence-corrected chi connectivity index (χ0v) is 17.0. The average Bonchev–Trinajstić information content (AvgIpc) is 3.01. The van der Waals surface area contributed by atoms with Gasteiger partial charge in [0.05, 0.1) is 5.69 Å². The number of halogens is 2. The summed E-state index contributed by atoms with van der Waals surface area (Å²) in [7, 11) is 0. The van der Waals surface area contributed by atoms with Crippen molar-refractivity contribution >= 4 is 35.0 Å². The first kappa shape index (κ1) is 19.7. The Bertz CT molecular complexity index is 851. The summed E-state index contributed by atoms with van der Waals surface area (Å²) < 4.78 is 5.32. The molecule has 1 fully saturated rings. The van der Waals surface area contributed by atoms with E-state index in [9.17, 15) is 9.59 Å². The molecule has 2 amide bonds. The van der Waals surface area contributed by atoms with Gasteiger partial charge in [0.25, 0.3) is 11.8 Å². The molecule has 1 aromatic heterocycles. The fourth-order valence-corrected chi connectivity index (χ4v) is 3.70. The van der Waals surface area contributed by atoms with Gasteiger partial charge in [-0.2, -0.15) is 0 Å². The smallest absolute Gasteiger partial charge is 0.259 e. The maximum atomic E-state index is 12.9. The third-order valence-corrected chi connectivity index (χ3v) is 5.03. The van der Waals surface area contributed by atoms with E-state index in [1.165, 1.54) is 0 Å². The molecule has 3 rings (SSSR count). The molecule has 1 saturated heterocycles. The molecule has 2 aromatic rings. The van der Waals surface area contributed by atoms with Gasteiger partial charge in [-0.05, 0) is 25.1 Å². The van der Waals surface area contributed by atoms with Crippen molar-refractivity contribution in [1.82, 2.24) is 15.0 Å². The molecule has 144 valence electrons. The van der Waals surface area contributed by atoms with Gasteiger partial charge in [0, 0.05) is 47.7 Å².